The highest BCUT2D eigenvalue weighted by Crippen LogP contribution is 2.33. The van der Waals surface area contributed by atoms with Crippen molar-refractivity contribution in [1.82, 2.24) is 4.90 Å². The quantitative estimate of drug-likeness (QED) is 0.666. The Morgan fingerprint density at radius 2 is 2.07 bits per heavy atom. The lowest BCUT2D eigenvalue weighted by Gasteiger charge is -2.37. The van der Waals surface area contributed by atoms with Gasteiger partial charge < -0.3 is 19.0 Å². The minimum Gasteiger partial charge on any atom is -0.485 e. The standard InChI is InChI=1S/C21H21ClN2O3/c1-3-24-13-16(26-19-7-5-4-6-17(19)24)12-23(2)21(25)20-11-14-10-15(22)8-9-18(14)27-20/h4-11,16H,3,12-13H2,1-2H3/t16-/m0/s1. The van der Waals surface area contributed by atoms with Crippen molar-refractivity contribution >= 4 is 34.2 Å². The summed E-state index contributed by atoms with van der Waals surface area (Å²) in [5.41, 5.74) is 1.75. The second kappa shape index (κ2) is 7.16. The van der Waals surface area contributed by atoms with Gasteiger partial charge in [0.05, 0.1) is 18.8 Å². The highest BCUT2D eigenvalue weighted by molar-refractivity contribution is 6.31. The zero-order valence-corrected chi connectivity index (χ0v) is 16.1. The van der Waals surface area contributed by atoms with Crippen LogP contribution in [0.4, 0.5) is 5.69 Å². The Morgan fingerprint density at radius 1 is 1.26 bits per heavy atom. The monoisotopic (exact) mass is 384 g/mol. The van der Waals surface area contributed by atoms with Crippen molar-refractivity contribution in [3.8, 4) is 5.75 Å². The number of hydrogen-bond donors (Lipinski definition) is 0. The van der Waals surface area contributed by atoms with Crippen LogP contribution in [0.5, 0.6) is 5.75 Å². The fraction of sp³-hybridized carbons (Fsp3) is 0.286. The van der Waals surface area contributed by atoms with Crippen LogP contribution in [-0.2, 0) is 0 Å². The van der Waals surface area contributed by atoms with Crippen LogP contribution in [0.1, 0.15) is 17.5 Å². The third-order valence-electron chi connectivity index (χ3n) is 4.82. The first kappa shape index (κ1) is 17.7. The summed E-state index contributed by atoms with van der Waals surface area (Å²) in [6, 6.07) is 15.0. The molecule has 0 saturated heterocycles. The summed E-state index contributed by atoms with van der Waals surface area (Å²) >= 11 is 6.01. The highest BCUT2D eigenvalue weighted by atomic mass is 35.5. The Kier molecular flexibility index (Phi) is 4.70. The van der Waals surface area contributed by atoms with Crippen molar-refractivity contribution in [2.45, 2.75) is 13.0 Å². The lowest BCUT2D eigenvalue weighted by Crippen LogP contribution is -2.46. The predicted molar refractivity (Wildman–Crippen MR) is 107 cm³/mol. The molecule has 5 nitrogen and oxygen atoms in total. The topological polar surface area (TPSA) is 45.9 Å². The number of furan rings is 1. The molecule has 0 unspecified atom stereocenters. The molecule has 1 aromatic heterocycles. The van der Waals surface area contributed by atoms with E-state index in [0.29, 0.717) is 22.9 Å². The van der Waals surface area contributed by atoms with Gasteiger partial charge in [0.25, 0.3) is 5.91 Å². The molecule has 2 aromatic carbocycles. The molecule has 0 bridgehead atoms. The van der Waals surface area contributed by atoms with E-state index in [0.717, 1.165) is 29.9 Å². The number of anilines is 1. The van der Waals surface area contributed by atoms with Gasteiger partial charge in [-0.3, -0.25) is 4.79 Å². The van der Waals surface area contributed by atoms with Crippen molar-refractivity contribution < 1.29 is 13.9 Å². The third kappa shape index (κ3) is 3.47. The lowest BCUT2D eigenvalue weighted by molar-refractivity contribution is 0.0682. The number of nitrogens with zero attached hydrogens (tertiary/aromatic N) is 2. The van der Waals surface area contributed by atoms with Crippen LogP contribution in [0.15, 0.2) is 52.9 Å². The van der Waals surface area contributed by atoms with E-state index in [1.807, 2.05) is 18.2 Å². The average molecular weight is 385 g/mol. The number of rotatable bonds is 4. The minimum atomic E-state index is -0.173. The fourth-order valence-corrected chi connectivity index (χ4v) is 3.65. The van der Waals surface area contributed by atoms with Gasteiger partial charge in [-0.05, 0) is 43.3 Å². The van der Waals surface area contributed by atoms with Crippen LogP contribution in [0.25, 0.3) is 11.0 Å². The summed E-state index contributed by atoms with van der Waals surface area (Å²) in [5, 5.41) is 1.43. The zero-order valence-electron chi connectivity index (χ0n) is 15.3. The molecule has 140 valence electrons. The maximum absolute atomic E-state index is 12.8. The molecule has 1 atom stereocenters. The number of fused-ring (bicyclic) bond motifs is 2. The number of para-hydroxylation sites is 2. The number of ether oxygens (including phenoxy) is 1. The Bertz CT molecular complexity index is 984. The molecule has 0 radical (unpaired) electrons. The Balaban J connectivity index is 1.49. The maximum Gasteiger partial charge on any atom is 0.289 e. The van der Waals surface area contributed by atoms with Crippen LogP contribution in [0, 0.1) is 0 Å². The third-order valence-corrected chi connectivity index (χ3v) is 5.05. The van der Waals surface area contributed by atoms with Crippen molar-refractivity contribution in [1.29, 1.82) is 0 Å². The molecular weight excluding hydrogens is 364 g/mol. The first-order valence-electron chi connectivity index (χ1n) is 9.00. The molecule has 6 heteroatoms. The molecule has 1 aliphatic heterocycles. The van der Waals surface area contributed by atoms with E-state index < -0.39 is 0 Å². The first-order chi connectivity index (χ1) is 13.0. The van der Waals surface area contributed by atoms with Crippen molar-refractivity contribution in [2.75, 3.05) is 31.6 Å². The molecule has 0 aliphatic carbocycles. The number of hydrogen-bond acceptors (Lipinski definition) is 4. The van der Waals surface area contributed by atoms with Crippen molar-refractivity contribution in [3.63, 3.8) is 0 Å². The molecule has 2 heterocycles. The number of halogens is 1. The maximum atomic E-state index is 12.8. The van der Waals surface area contributed by atoms with E-state index in [1.54, 1.807) is 36.2 Å². The summed E-state index contributed by atoms with van der Waals surface area (Å²) in [7, 11) is 1.77. The Morgan fingerprint density at radius 3 is 2.89 bits per heavy atom. The normalized spacial score (nSPS) is 16.1. The molecule has 0 fully saturated rings. The van der Waals surface area contributed by atoms with Gasteiger partial charge in [0.15, 0.2) is 5.76 Å². The summed E-state index contributed by atoms with van der Waals surface area (Å²) in [6.45, 7) is 4.22. The van der Waals surface area contributed by atoms with E-state index in [4.69, 9.17) is 20.8 Å². The number of carbonyl (C=O) groups excluding carboxylic acids is 1. The molecule has 0 N–H and O–H groups in total. The highest BCUT2D eigenvalue weighted by Gasteiger charge is 2.27. The fourth-order valence-electron chi connectivity index (χ4n) is 3.47. The number of amides is 1. The van der Waals surface area contributed by atoms with Crippen LogP contribution in [-0.4, -0.2) is 43.6 Å². The molecular formula is C21H21ClN2O3. The number of carbonyl (C=O) groups is 1. The van der Waals surface area contributed by atoms with Crippen LogP contribution < -0.4 is 9.64 Å². The predicted octanol–water partition coefficient (Wildman–Crippen LogP) is 4.45. The van der Waals surface area contributed by atoms with E-state index in [1.165, 1.54) is 0 Å². The SMILES string of the molecule is CCN1C[C@H](CN(C)C(=O)c2cc3cc(Cl)ccc3o2)Oc2ccccc21. The Labute approximate surface area is 163 Å². The van der Waals surface area contributed by atoms with E-state index in [2.05, 4.69) is 17.9 Å². The van der Waals surface area contributed by atoms with Crippen LogP contribution in [0.2, 0.25) is 5.02 Å². The molecule has 4 rings (SSSR count). The van der Waals surface area contributed by atoms with E-state index in [-0.39, 0.29) is 12.0 Å². The van der Waals surface area contributed by atoms with Gasteiger partial charge in [0.1, 0.15) is 17.4 Å². The van der Waals surface area contributed by atoms with Crippen LogP contribution >= 0.6 is 11.6 Å². The molecule has 3 aromatic rings. The summed E-state index contributed by atoms with van der Waals surface area (Å²) in [5.74, 6) is 0.987. The minimum absolute atomic E-state index is 0.104. The van der Waals surface area contributed by atoms with E-state index in [9.17, 15) is 4.79 Å². The van der Waals surface area contributed by atoms with Gasteiger partial charge in [-0.25, -0.2) is 0 Å². The summed E-state index contributed by atoms with van der Waals surface area (Å²) in [4.78, 5) is 16.7. The second-order valence-corrected chi connectivity index (χ2v) is 7.16. The molecule has 1 aliphatic rings. The molecule has 27 heavy (non-hydrogen) atoms. The van der Waals surface area contributed by atoms with Gasteiger partial charge in [-0.1, -0.05) is 23.7 Å². The Hall–Kier alpha value is -2.66. The smallest absolute Gasteiger partial charge is 0.289 e. The van der Waals surface area contributed by atoms with E-state index >= 15 is 0 Å². The lowest BCUT2D eigenvalue weighted by atomic mass is 10.1. The summed E-state index contributed by atoms with van der Waals surface area (Å²) < 4.78 is 11.8. The molecule has 0 saturated carbocycles. The van der Waals surface area contributed by atoms with Crippen molar-refractivity contribution in [2.24, 2.45) is 0 Å². The van der Waals surface area contributed by atoms with Gasteiger partial charge in [-0.15, -0.1) is 0 Å². The van der Waals surface area contributed by atoms with Gasteiger partial charge >= 0.3 is 0 Å². The first-order valence-corrected chi connectivity index (χ1v) is 9.38. The van der Waals surface area contributed by atoms with Gasteiger partial charge in [0, 0.05) is 24.0 Å². The second-order valence-electron chi connectivity index (χ2n) is 6.72. The van der Waals surface area contributed by atoms with Gasteiger partial charge in [-0.2, -0.15) is 0 Å². The number of benzene rings is 2. The molecule has 0 spiro atoms. The zero-order chi connectivity index (χ0) is 19.0. The van der Waals surface area contributed by atoms with Gasteiger partial charge in [0.2, 0.25) is 0 Å². The molecule has 1 amide bonds. The van der Waals surface area contributed by atoms with Crippen molar-refractivity contribution in [3.05, 3.63) is 59.3 Å². The largest absolute Gasteiger partial charge is 0.485 e. The average Bonchev–Trinajstić information content (AvgIpc) is 3.09. The summed E-state index contributed by atoms with van der Waals surface area (Å²) in [6.07, 6.45) is -0.104. The van der Waals surface area contributed by atoms with Crippen LogP contribution in [0.3, 0.4) is 0 Å². The number of likely N-dealkylation sites (N-methyl/N-ethyl adjacent to an activating group) is 2.